The van der Waals surface area contributed by atoms with Crippen molar-refractivity contribution >= 4 is 71.7 Å². The number of imidazole rings is 1. The SMILES string of the molecule is O=c1c2cccc3c(N=Nc4ccc(-c5nnc(-c6ccc(N=Nc7c(O)c(CO)cc8ccccc78)cc6)o5)cc4)c(O)cc(c32)c2nc3ccccc3n12. The Labute approximate surface area is 315 Å². The number of rotatable bonds is 7. The van der Waals surface area contributed by atoms with Gasteiger partial charge >= 0.3 is 0 Å². The maximum absolute atomic E-state index is 13.7. The second-order valence-electron chi connectivity index (χ2n) is 13.1. The van der Waals surface area contributed by atoms with Crippen LogP contribution < -0.4 is 5.56 Å². The summed E-state index contributed by atoms with van der Waals surface area (Å²) in [5.41, 5.74) is 4.93. The van der Waals surface area contributed by atoms with Gasteiger partial charge in [-0.05, 0) is 84.2 Å². The van der Waals surface area contributed by atoms with E-state index in [0.29, 0.717) is 83.5 Å². The molecule has 0 saturated carbocycles. The first kappa shape index (κ1) is 32.7. The number of aliphatic hydroxyl groups is 1. The van der Waals surface area contributed by atoms with Crippen LogP contribution in [0.15, 0.2) is 157 Å². The van der Waals surface area contributed by atoms with Crippen LogP contribution in [0.1, 0.15) is 5.56 Å². The molecule has 10 aromatic rings. The van der Waals surface area contributed by atoms with E-state index in [-0.39, 0.29) is 35.0 Å². The molecule has 0 aliphatic carbocycles. The van der Waals surface area contributed by atoms with E-state index in [4.69, 9.17) is 9.40 Å². The summed E-state index contributed by atoms with van der Waals surface area (Å²) in [6, 6.07) is 37.6. The van der Waals surface area contributed by atoms with Gasteiger partial charge in [0.15, 0.2) is 0 Å². The lowest BCUT2D eigenvalue weighted by Crippen LogP contribution is -2.13. The van der Waals surface area contributed by atoms with Gasteiger partial charge in [-0.25, -0.2) is 4.98 Å². The molecule has 0 aliphatic heterocycles. The fraction of sp³-hybridized carbons (Fsp3) is 0.0233. The molecule has 13 heteroatoms. The molecule has 268 valence electrons. The summed E-state index contributed by atoms with van der Waals surface area (Å²) in [7, 11) is 0. The first-order chi connectivity index (χ1) is 27.4. The molecule has 7 aromatic carbocycles. The first-order valence-corrected chi connectivity index (χ1v) is 17.5. The van der Waals surface area contributed by atoms with Crippen LogP contribution in [0.4, 0.5) is 22.7 Å². The summed E-state index contributed by atoms with van der Waals surface area (Å²) in [6.07, 6.45) is 0. The highest BCUT2D eigenvalue weighted by Crippen LogP contribution is 2.43. The number of aromatic nitrogens is 4. The maximum Gasteiger partial charge on any atom is 0.264 e. The number of benzene rings is 7. The molecule has 0 unspecified atom stereocenters. The lowest BCUT2D eigenvalue weighted by molar-refractivity contribution is 0.276. The second-order valence-corrected chi connectivity index (χ2v) is 13.1. The minimum absolute atomic E-state index is 0.0896. The molecule has 0 aliphatic rings. The minimum atomic E-state index is -0.327. The van der Waals surface area contributed by atoms with E-state index in [1.54, 1.807) is 77.2 Å². The van der Waals surface area contributed by atoms with Crippen LogP contribution in [0.2, 0.25) is 0 Å². The standard InChI is InChI=1S/C43H26N8O5/c52-22-26-20-25-6-1-2-7-29(25)38(39(26)54)48-46-28-18-14-24(15-19-28)42-50-49-41(56-42)23-12-16-27(17-13-23)45-47-37-30-8-5-9-31-36(30)32(21-35(37)53)40-44-33-10-3-4-11-34(33)51(40)43(31)55/h1-21,52-54H,22H2. The van der Waals surface area contributed by atoms with Gasteiger partial charge in [-0.15, -0.1) is 20.4 Å². The summed E-state index contributed by atoms with van der Waals surface area (Å²) >= 11 is 0. The van der Waals surface area contributed by atoms with Crippen molar-refractivity contribution in [2.45, 2.75) is 6.61 Å². The zero-order chi connectivity index (χ0) is 37.9. The van der Waals surface area contributed by atoms with Gasteiger partial charge in [0, 0.05) is 43.6 Å². The number of phenolic OH excluding ortho intramolecular Hbond substituents is 1. The lowest BCUT2D eigenvalue weighted by atomic mass is 10.0. The number of phenols is 2. The Morgan fingerprint density at radius 3 is 1.96 bits per heavy atom. The van der Waals surface area contributed by atoms with Gasteiger partial charge in [0.25, 0.3) is 5.56 Å². The smallest absolute Gasteiger partial charge is 0.264 e. The molecular weight excluding hydrogens is 709 g/mol. The summed E-state index contributed by atoms with van der Waals surface area (Å²) in [6.45, 7) is -0.327. The Bertz CT molecular complexity index is 3280. The van der Waals surface area contributed by atoms with Gasteiger partial charge in [0.05, 0.1) is 29.0 Å². The number of para-hydroxylation sites is 2. The third kappa shape index (κ3) is 5.29. The Kier molecular flexibility index (Phi) is 7.54. The summed E-state index contributed by atoms with van der Waals surface area (Å²) < 4.78 is 7.57. The molecule has 3 aromatic heterocycles. The van der Waals surface area contributed by atoms with Crippen molar-refractivity contribution in [3.63, 3.8) is 0 Å². The fourth-order valence-corrected chi connectivity index (χ4v) is 7.06. The summed E-state index contributed by atoms with van der Waals surface area (Å²) in [4.78, 5) is 18.4. The van der Waals surface area contributed by atoms with Crippen LogP contribution in [-0.2, 0) is 6.61 Å². The number of fused-ring (bicyclic) bond motifs is 5. The van der Waals surface area contributed by atoms with E-state index in [2.05, 4.69) is 30.7 Å². The molecule has 0 bridgehead atoms. The summed E-state index contributed by atoms with van der Waals surface area (Å²) in [5.74, 6) is 0.401. The molecule has 0 spiro atoms. The number of pyridine rings is 1. The van der Waals surface area contributed by atoms with E-state index in [1.165, 1.54) is 0 Å². The van der Waals surface area contributed by atoms with Crippen molar-refractivity contribution in [1.82, 2.24) is 19.6 Å². The van der Waals surface area contributed by atoms with Gasteiger partial charge < -0.3 is 19.7 Å². The number of nitrogens with zero attached hydrogens (tertiary/aromatic N) is 8. The normalized spacial score (nSPS) is 12.2. The van der Waals surface area contributed by atoms with Gasteiger partial charge in [-0.2, -0.15) is 10.2 Å². The van der Waals surface area contributed by atoms with Crippen molar-refractivity contribution in [2.75, 3.05) is 0 Å². The Morgan fingerprint density at radius 1 is 0.625 bits per heavy atom. The third-order valence-electron chi connectivity index (χ3n) is 9.78. The van der Waals surface area contributed by atoms with Crippen molar-refractivity contribution in [3.8, 4) is 34.4 Å². The van der Waals surface area contributed by atoms with E-state index < -0.39 is 0 Å². The van der Waals surface area contributed by atoms with Crippen molar-refractivity contribution in [3.05, 3.63) is 143 Å². The molecule has 0 atom stereocenters. The zero-order valence-corrected chi connectivity index (χ0v) is 29.1. The second kappa shape index (κ2) is 12.9. The fourth-order valence-electron chi connectivity index (χ4n) is 7.06. The highest BCUT2D eigenvalue weighted by Gasteiger charge is 2.20. The third-order valence-corrected chi connectivity index (χ3v) is 9.78. The Balaban J connectivity index is 0.895. The van der Waals surface area contributed by atoms with E-state index in [0.717, 1.165) is 5.39 Å². The molecule has 0 radical (unpaired) electrons. The Morgan fingerprint density at radius 2 is 1.25 bits per heavy atom. The summed E-state index contributed by atoms with van der Waals surface area (Å²) in [5, 5.41) is 61.4. The highest BCUT2D eigenvalue weighted by atomic mass is 16.4. The molecule has 3 heterocycles. The monoisotopic (exact) mass is 734 g/mol. The van der Waals surface area contributed by atoms with Gasteiger partial charge in [0.1, 0.15) is 28.5 Å². The number of aromatic hydroxyl groups is 2. The van der Waals surface area contributed by atoms with Crippen LogP contribution in [0.25, 0.3) is 71.9 Å². The maximum atomic E-state index is 13.7. The quantitative estimate of drug-likeness (QED) is 0.135. The molecule has 3 N–H and O–H groups in total. The molecule has 10 rings (SSSR count). The number of hydrogen-bond acceptors (Lipinski definition) is 12. The first-order valence-electron chi connectivity index (χ1n) is 17.5. The average molecular weight is 735 g/mol. The predicted octanol–water partition coefficient (Wildman–Crippen LogP) is 10.2. The molecule has 13 nitrogen and oxygen atoms in total. The average Bonchev–Trinajstić information content (AvgIpc) is 3.89. The van der Waals surface area contributed by atoms with Gasteiger partial charge in [0.2, 0.25) is 11.8 Å². The topological polar surface area (TPSA) is 183 Å². The molecular formula is C43H26N8O5. The molecule has 0 saturated heterocycles. The molecule has 0 amide bonds. The van der Waals surface area contributed by atoms with Crippen molar-refractivity contribution in [2.24, 2.45) is 20.5 Å². The van der Waals surface area contributed by atoms with Crippen LogP contribution in [0, 0.1) is 0 Å². The zero-order valence-electron chi connectivity index (χ0n) is 29.1. The minimum Gasteiger partial charge on any atom is -0.506 e. The number of hydrogen-bond donors (Lipinski definition) is 3. The van der Waals surface area contributed by atoms with E-state index in [9.17, 15) is 20.1 Å². The van der Waals surface area contributed by atoms with Gasteiger partial charge in [-0.1, -0.05) is 48.5 Å². The lowest BCUT2D eigenvalue weighted by Gasteiger charge is -2.10. The number of aliphatic hydroxyl groups excluding tert-OH is 1. The predicted molar refractivity (Wildman–Crippen MR) is 212 cm³/mol. The molecule has 56 heavy (non-hydrogen) atoms. The van der Waals surface area contributed by atoms with Crippen LogP contribution in [-0.4, -0.2) is 34.9 Å². The van der Waals surface area contributed by atoms with Crippen LogP contribution >= 0.6 is 0 Å². The van der Waals surface area contributed by atoms with Crippen LogP contribution in [0.3, 0.4) is 0 Å². The van der Waals surface area contributed by atoms with E-state index >= 15 is 0 Å². The van der Waals surface area contributed by atoms with Crippen molar-refractivity contribution < 1.29 is 19.7 Å². The van der Waals surface area contributed by atoms with Crippen LogP contribution in [0.5, 0.6) is 11.5 Å². The van der Waals surface area contributed by atoms with Gasteiger partial charge in [-0.3, -0.25) is 9.20 Å². The van der Waals surface area contributed by atoms with Crippen molar-refractivity contribution in [1.29, 1.82) is 0 Å². The molecule has 0 fully saturated rings. The number of azo groups is 2. The Hall–Kier alpha value is -7.90. The highest BCUT2D eigenvalue weighted by molar-refractivity contribution is 6.19. The van der Waals surface area contributed by atoms with E-state index in [1.807, 2.05) is 54.6 Å². The largest absolute Gasteiger partial charge is 0.506 e.